The summed E-state index contributed by atoms with van der Waals surface area (Å²) in [6.07, 6.45) is 6.44. The molecule has 1 saturated heterocycles. The van der Waals surface area contributed by atoms with Gasteiger partial charge in [-0.1, -0.05) is 18.5 Å². The number of urea groups is 1. The molecule has 24 heavy (non-hydrogen) atoms. The van der Waals surface area contributed by atoms with Crippen molar-refractivity contribution in [2.24, 2.45) is 5.92 Å². The Morgan fingerprint density at radius 1 is 1.46 bits per heavy atom. The minimum Gasteiger partial charge on any atom is -0.481 e. The summed E-state index contributed by atoms with van der Waals surface area (Å²) in [4.78, 5) is 22.5. The molecule has 1 aliphatic heterocycles. The third kappa shape index (κ3) is 3.62. The Labute approximate surface area is 145 Å². The van der Waals surface area contributed by atoms with E-state index in [1.165, 1.54) is 7.11 Å². The molecule has 8 heteroatoms. The van der Waals surface area contributed by atoms with Crippen molar-refractivity contribution in [3.63, 3.8) is 0 Å². The molecule has 0 aromatic carbocycles. The smallest absolute Gasteiger partial charge is 0.321 e. The summed E-state index contributed by atoms with van der Waals surface area (Å²) < 4.78 is 7.14. The highest BCUT2D eigenvalue weighted by molar-refractivity contribution is 6.29. The van der Waals surface area contributed by atoms with Crippen LogP contribution in [0.3, 0.4) is 0 Å². The maximum atomic E-state index is 12.6. The van der Waals surface area contributed by atoms with Gasteiger partial charge >= 0.3 is 6.03 Å². The third-order valence-electron chi connectivity index (χ3n) is 4.34. The number of methoxy groups -OCH3 is 1. The Morgan fingerprint density at radius 3 is 3.00 bits per heavy atom. The second-order valence-electron chi connectivity index (χ2n) is 5.94. The van der Waals surface area contributed by atoms with E-state index in [1.54, 1.807) is 24.7 Å². The van der Waals surface area contributed by atoms with Crippen LogP contribution in [0.4, 0.5) is 10.5 Å². The largest absolute Gasteiger partial charge is 0.481 e. The second kappa shape index (κ2) is 7.09. The summed E-state index contributed by atoms with van der Waals surface area (Å²) in [6.45, 7) is 3.56. The number of aromatic nitrogens is 3. The van der Waals surface area contributed by atoms with Crippen LogP contribution in [0.25, 0.3) is 0 Å². The van der Waals surface area contributed by atoms with Crippen molar-refractivity contribution in [2.45, 2.75) is 19.4 Å². The molecule has 2 atom stereocenters. The quantitative estimate of drug-likeness (QED) is 0.864. The summed E-state index contributed by atoms with van der Waals surface area (Å²) in [7, 11) is 1.51. The van der Waals surface area contributed by atoms with Crippen LogP contribution in [0, 0.1) is 5.92 Å². The maximum Gasteiger partial charge on any atom is 0.321 e. The Balaban J connectivity index is 1.70. The van der Waals surface area contributed by atoms with Gasteiger partial charge in [0.25, 0.3) is 0 Å². The summed E-state index contributed by atoms with van der Waals surface area (Å²) in [5.41, 5.74) is 0.564. The highest BCUT2D eigenvalue weighted by atomic mass is 35.5. The van der Waals surface area contributed by atoms with Crippen LogP contribution >= 0.6 is 11.6 Å². The van der Waals surface area contributed by atoms with Gasteiger partial charge in [0.15, 0.2) is 0 Å². The van der Waals surface area contributed by atoms with Gasteiger partial charge in [-0.2, -0.15) is 0 Å². The van der Waals surface area contributed by atoms with Gasteiger partial charge in [0.2, 0.25) is 5.88 Å². The number of pyridine rings is 1. The first-order chi connectivity index (χ1) is 11.6. The van der Waals surface area contributed by atoms with E-state index in [0.717, 1.165) is 6.42 Å². The lowest BCUT2D eigenvalue weighted by Crippen LogP contribution is -2.45. The number of nitrogens with zero attached hydrogens (tertiary/aromatic N) is 4. The summed E-state index contributed by atoms with van der Waals surface area (Å²) in [5, 5.41) is 3.14. The predicted molar refractivity (Wildman–Crippen MR) is 91.4 cm³/mol. The zero-order chi connectivity index (χ0) is 17.1. The van der Waals surface area contributed by atoms with Gasteiger partial charge in [0.1, 0.15) is 5.15 Å². The number of nitrogens with one attached hydrogen (secondary N) is 1. The van der Waals surface area contributed by atoms with E-state index in [4.69, 9.17) is 16.3 Å². The lowest BCUT2D eigenvalue weighted by molar-refractivity contribution is 0.149. The first-order valence-electron chi connectivity index (χ1n) is 7.81. The molecule has 0 radical (unpaired) electrons. The fourth-order valence-electron chi connectivity index (χ4n) is 2.94. The number of imidazole rings is 1. The highest BCUT2D eigenvalue weighted by Crippen LogP contribution is 2.28. The number of carbonyl (C=O) groups is 1. The van der Waals surface area contributed by atoms with E-state index >= 15 is 0 Å². The lowest BCUT2D eigenvalue weighted by atomic mass is 9.93. The number of anilines is 1. The van der Waals surface area contributed by atoms with Crippen LogP contribution in [0.2, 0.25) is 5.15 Å². The van der Waals surface area contributed by atoms with Gasteiger partial charge in [0, 0.05) is 31.5 Å². The molecule has 0 saturated carbocycles. The Kier molecular flexibility index (Phi) is 4.89. The molecule has 3 rings (SSSR count). The average Bonchev–Trinajstić information content (AvgIpc) is 3.08. The zero-order valence-corrected chi connectivity index (χ0v) is 14.4. The molecule has 2 aromatic rings. The van der Waals surface area contributed by atoms with E-state index in [1.807, 2.05) is 11.1 Å². The van der Waals surface area contributed by atoms with Crippen LogP contribution in [0.1, 0.15) is 19.4 Å². The number of piperidine rings is 1. The fourth-order valence-corrected chi connectivity index (χ4v) is 3.14. The average molecular weight is 350 g/mol. The number of hydrogen-bond donors (Lipinski definition) is 1. The zero-order valence-electron chi connectivity index (χ0n) is 13.6. The number of rotatable bonds is 3. The van der Waals surface area contributed by atoms with Crippen LogP contribution in [0.5, 0.6) is 5.88 Å². The van der Waals surface area contributed by atoms with Crippen LogP contribution in [-0.2, 0) is 0 Å². The van der Waals surface area contributed by atoms with Crippen LogP contribution in [-0.4, -0.2) is 45.7 Å². The van der Waals surface area contributed by atoms with Crippen molar-refractivity contribution < 1.29 is 9.53 Å². The molecule has 0 aliphatic carbocycles. The molecule has 128 valence electrons. The van der Waals surface area contributed by atoms with E-state index < -0.39 is 0 Å². The van der Waals surface area contributed by atoms with Crippen molar-refractivity contribution in [3.05, 3.63) is 36.0 Å². The van der Waals surface area contributed by atoms with Gasteiger partial charge in [-0.05, 0) is 18.4 Å². The first kappa shape index (κ1) is 16.6. The summed E-state index contributed by atoms with van der Waals surface area (Å²) in [5.74, 6) is 0.847. The number of amides is 2. The van der Waals surface area contributed by atoms with E-state index in [2.05, 4.69) is 26.8 Å². The van der Waals surface area contributed by atoms with Crippen molar-refractivity contribution in [2.75, 3.05) is 25.5 Å². The van der Waals surface area contributed by atoms with Gasteiger partial charge < -0.3 is 19.5 Å². The fraction of sp³-hybridized carbons (Fsp3) is 0.438. The third-order valence-corrected chi connectivity index (χ3v) is 4.54. The molecule has 1 fully saturated rings. The van der Waals surface area contributed by atoms with Gasteiger partial charge in [-0.25, -0.2) is 14.8 Å². The second-order valence-corrected chi connectivity index (χ2v) is 6.33. The molecular formula is C16H20ClN5O2. The Morgan fingerprint density at radius 2 is 2.29 bits per heavy atom. The molecule has 2 unspecified atom stereocenters. The number of likely N-dealkylation sites (tertiary alicyclic amines) is 1. The maximum absolute atomic E-state index is 12.6. The van der Waals surface area contributed by atoms with Gasteiger partial charge in [0.05, 0.1) is 25.2 Å². The minimum atomic E-state index is -0.156. The molecular weight excluding hydrogens is 330 g/mol. The summed E-state index contributed by atoms with van der Waals surface area (Å²) in [6, 6.07) is 3.31. The van der Waals surface area contributed by atoms with Crippen LogP contribution in [0.15, 0.2) is 30.9 Å². The Bertz CT molecular complexity index is 706. The summed E-state index contributed by atoms with van der Waals surface area (Å²) >= 11 is 5.94. The molecule has 1 N–H and O–H groups in total. The van der Waals surface area contributed by atoms with E-state index in [-0.39, 0.29) is 17.2 Å². The van der Waals surface area contributed by atoms with E-state index in [9.17, 15) is 4.79 Å². The van der Waals surface area contributed by atoms with E-state index in [0.29, 0.717) is 30.6 Å². The molecule has 1 aliphatic rings. The van der Waals surface area contributed by atoms with Crippen molar-refractivity contribution >= 4 is 23.3 Å². The van der Waals surface area contributed by atoms with Crippen molar-refractivity contribution in [1.82, 2.24) is 19.4 Å². The number of carbonyl (C=O) groups excluding carboxylic acids is 1. The molecule has 2 aromatic heterocycles. The topological polar surface area (TPSA) is 72.3 Å². The number of hydrogen-bond acceptors (Lipinski definition) is 4. The van der Waals surface area contributed by atoms with Gasteiger partial charge in [-0.3, -0.25) is 0 Å². The molecule has 0 bridgehead atoms. The number of ether oxygens (including phenoxy) is 1. The molecule has 0 spiro atoms. The molecule has 2 amide bonds. The monoisotopic (exact) mass is 349 g/mol. The Hall–Kier alpha value is -2.28. The highest BCUT2D eigenvalue weighted by Gasteiger charge is 2.29. The standard InChI is InChI=1S/C16H20ClN5O2/c1-11-3-5-21(9-13(11)22-6-4-18-10-22)16(23)19-12-7-14(17)20-15(8-12)24-2/h4,6-8,10-11,13H,3,5,9H2,1-2H3,(H,19,20,23). The first-order valence-corrected chi connectivity index (χ1v) is 8.19. The van der Waals surface area contributed by atoms with Crippen molar-refractivity contribution in [3.8, 4) is 5.88 Å². The number of halogens is 1. The SMILES string of the molecule is COc1cc(NC(=O)N2CCC(C)C(n3ccnc3)C2)cc(Cl)n1. The van der Waals surface area contributed by atoms with Gasteiger partial charge in [-0.15, -0.1) is 0 Å². The lowest BCUT2D eigenvalue weighted by Gasteiger charge is -2.37. The normalized spacial score (nSPS) is 20.7. The van der Waals surface area contributed by atoms with Crippen LogP contribution < -0.4 is 10.1 Å². The molecule has 3 heterocycles. The predicted octanol–water partition coefficient (Wildman–Crippen LogP) is 3.06. The minimum absolute atomic E-state index is 0.156. The van der Waals surface area contributed by atoms with Crippen molar-refractivity contribution in [1.29, 1.82) is 0 Å². The molecule has 7 nitrogen and oxygen atoms in total.